The molecule has 1 atom stereocenters. The molecule has 0 saturated heterocycles. The fourth-order valence-corrected chi connectivity index (χ4v) is 5.84. The SMILES string of the molecule is CCC1(C(=O)O)C2=C(CCN(C(=O)O)C2)NN1C(c1ccccc1)(c1ccccc1)c1ccccc1. The number of carboxylic acid groups (broad SMARTS) is 2. The van der Waals surface area contributed by atoms with E-state index in [1.54, 1.807) is 0 Å². The summed E-state index contributed by atoms with van der Waals surface area (Å²) < 4.78 is 0. The van der Waals surface area contributed by atoms with Crippen LogP contribution in [0.5, 0.6) is 0 Å². The summed E-state index contributed by atoms with van der Waals surface area (Å²) in [5.74, 6) is -1.01. The summed E-state index contributed by atoms with van der Waals surface area (Å²) in [6.07, 6.45) is -0.381. The number of hydrogen-bond donors (Lipinski definition) is 3. The molecule has 7 heteroatoms. The molecule has 2 aliphatic rings. The van der Waals surface area contributed by atoms with Crippen LogP contribution in [-0.4, -0.2) is 50.8 Å². The van der Waals surface area contributed by atoms with Crippen molar-refractivity contribution in [1.82, 2.24) is 15.3 Å². The first-order valence-corrected chi connectivity index (χ1v) is 12.1. The first-order chi connectivity index (χ1) is 17.5. The molecule has 0 fully saturated rings. The highest BCUT2D eigenvalue weighted by Crippen LogP contribution is 2.51. The van der Waals surface area contributed by atoms with Gasteiger partial charge < -0.3 is 20.5 Å². The molecule has 3 N–H and O–H groups in total. The first kappa shape index (κ1) is 23.6. The molecule has 0 bridgehead atoms. The van der Waals surface area contributed by atoms with Crippen molar-refractivity contribution in [3.63, 3.8) is 0 Å². The molecule has 0 saturated carbocycles. The van der Waals surface area contributed by atoms with Crippen molar-refractivity contribution in [1.29, 1.82) is 0 Å². The summed E-state index contributed by atoms with van der Waals surface area (Å²) in [5, 5.41) is 22.5. The van der Waals surface area contributed by atoms with E-state index >= 15 is 0 Å². The molecule has 2 heterocycles. The first-order valence-electron chi connectivity index (χ1n) is 12.1. The highest BCUT2D eigenvalue weighted by atomic mass is 16.4. The van der Waals surface area contributed by atoms with E-state index < -0.39 is 23.1 Å². The summed E-state index contributed by atoms with van der Waals surface area (Å²) in [4.78, 5) is 26.5. The molecule has 184 valence electrons. The molecule has 3 aromatic carbocycles. The highest BCUT2D eigenvalue weighted by molar-refractivity contribution is 5.86. The maximum Gasteiger partial charge on any atom is 0.407 e. The predicted octanol–water partition coefficient (Wildman–Crippen LogP) is 4.67. The number of hydrazine groups is 1. The number of rotatable bonds is 6. The zero-order valence-electron chi connectivity index (χ0n) is 20.1. The molecule has 7 nitrogen and oxygen atoms in total. The number of amides is 1. The summed E-state index contributed by atoms with van der Waals surface area (Å²) in [5.41, 5.74) is 5.12. The standard InChI is InChI=1S/C29H29N3O4/c1-2-28(26(33)34)24-20-31(27(35)36)19-18-25(24)30-32(28)29(21-12-6-3-7-13-21,22-14-8-4-9-15-22)23-16-10-5-11-17-23/h3-17,30H,2,18-20H2,1H3,(H,33,34)(H,35,36). The zero-order chi connectivity index (χ0) is 25.3. The number of benzene rings is 3. The third kappa shape index (κ3) is 3.38. The van der Waals surface area contributed by atoms with Gasteiger partial charge in [-0.05, 0) is 23.1 Å². The Balaban J connectivity index is 1.84. The van der Waals surface area contributed by atoms with Gasteiger partial charge in [0.2, 0.25) is 0 Å². The Bertz CT molecular complexity index is 1200. The molecule has 3 aromatic rings. The van der Waals surface area contributed by atoms with Crippen molar-refractivity contribution in [2.45, 2.75) is 30.8 Å². The Morgan fingerprint density at radius 3 is 1.72 bits per heavy atom. The Kier molecular flexibility index (Phi) is 6.02. The smallest absolute Gasteiger partial charge is 0.407 e. The van der Waals surface area contributed by atoms with Crippen molar-refractivity contribution >= 4 is 12.1 Å². The average molecular weight is 484 g/mol. The lowest BCUT2D eigenvalue weighted by Gasteiger charge is -2.50. The van der Waals surface area contributed by atoms with Gasteiger partial charge in [-0.3, -0.25) is 0 Å². The van der Waals surface area contributed by atoms with Crippen molar-refractivity contribution < 1.29 is 19.8 Å². The quantitative estimate of drug-likeness (QED) is 0.441. The fraction of sp³-hybridized carbons (Fsp3) is 0.241. The maximum atomic E-state index is 13.4. The van der Waals surface area contributed by atoms with Crippen LogP contribution in [0.3, 0.4) is 0 Å². The van der Waals surface area contributed by atoms with Gasteiger partial charge in [0.25, 0.3) is 0 Å². The van der Waals surface area contributed by atoms with Crippen LogP contribution in [0.15, 0.2) is 102 Å². The molecular weight excluding hydrogens is 454 g/mol. The Hall–Kier alpha value is -4.10. The molecule has 0 radical (unpaired) electrons. The molecule has 0 aromatic heterocycles. The maximum absolute atomic E-state index is 13.4. The Morgan fingerprint density at radius 2 is 1.33 bits per heavy atom. The van der Waals surface area contributed by atoms with Crippen LogP contribution in [0, 0.1) is 0 Å². The Labute approximate surface area is 210 Å². The molecule has 0 aliphatic carbocycles. The lowest BCUT2D eigenvalue weighted by atomic mass is 9.72. The van der Waals surface area contributed by atoms with Crippen LogP contribution >= 0.6 is 0 Å². The van der Waals surface area contributed by atoms with Crippen molar-refractivity contribution in [3.8, 4) is 0 Å². The van der Waals surface area contributed by atoms with E-state index in [-0.39, 0.29) is 13.0 Å². The number of nitrogens with zero attached hydrogens (tertiary/aromatic N) is 2. The normalized spacial score (nSPS) is 20.1. The van der Waals surface area contributed by atoms with Gasteiger partial charge in [-0.25, -0.2) is 9.59 Å². The molecule has 36 heavy (non-hydrogen) atoms. The zero-order valence-corrected chi connectivity index (χ0v) is 20.1. The second-order valence-electron chi connectivity index (χ2n) is 9.19. The van der Waals surface area contributed by atoms with E-state index in [0.29, 0.717) is 18.5 Å². The van der Waals surface area contributed by atoms with Gasteiger partial charge in [0, 0.05) is 30.8 Å². The molecule has 1 amide bonds. The van der Waals surface area contributed by atoms with E-state index in [2.05, 4.69) is 5.43 Å². The molecule has 5 rings (SSSR count). The van der Waals surface area contributed by atoms with Gasteiger partial charge in [-0.1, -0.05) is 97.9 Å². The van der Waals surface area contributed by atoms with Crippen LogP contribution in [0.25, 0.3) is 0 Å². The summed E-state index contributed by atoms with van der Waals surface area (Å²) >= 11 is 0. The monoisotopic (exact) mass is 483 g/mol. The van der Waals surface area contributed by atoms with Gasteiger partial charge in [-0.15, -0.1) is 0 Å². The van der Waals surface area contributed by atoms with Crippen LogP contribution in [0.2, 0.25) is 0 Å². The van der Waals surface area contributed by atoms with Crippen molar-refractivity contribution in [2.75, 3.05) is 13.1 Å². The molecule has 1 unspecified atom stereocenters. The van der Waals surface area contributed by atoms with Gasteiger partial charge in [0.15, 0.2) is 5.54 Å². The Morgan fingerprint density at radius 1 is 0.861 bits per heavy atom. The van der Waals surface area contributed by atoms with Crippen LogP contribution in [-0.2, 0) is 10.3 Å². The predicted molar refractivity (Wildman–Crippen MR) is 136 cm³/mol. The number of nitrogens with one attached hydrogen (secondary N) is 1. The van der Waals surface area contributed by atoms with E-state index in [0.717, 1.165) is 22.4 Å². The summed E-state index contributed by atoms with van der Waals surface area (Å²) in [7, 11) is 0. The number of aliphatic carboxylic acids is 1. The number of hydrogen-bond acceptors (Lipinski definition) is 4. The lowest BCUT2D eigenvalue weighted by molar-refractivity contribution is -0.153. The second kappa shape index (κ2) is 9.17. The van der Waals surface area contributed by atoms with Crippen LogP contribution in [0.4, 0.5) is 4.79 Å². The van der Waals surface area contributed by atoms with Gasteiger partial charge in [0.1, 0.15) is 5.54 Å². The fourth-order valence-electron chi connectivity index (χ4n) is 5.84. The van der Waals surface area contributed by atoms with Crippen molar-refractivity contribution in [3.05, 3.63) is 119 Å². The minimum absolute atomic E-state index is 0.0444. The van der Waals surface area contributed by atoms with Crippen molar-refractivity contribution in [2.24, 2.45) is 0 Å². The topological polar surface area (TPSA) is 93.1 Å². The van der Waals surface area contributed by atoms with Crippen LogP contribution < -0.4 is 5.43 Å². The van der Waals surface area contributed by atoms with E-state index in [4.69, 9.17) is 0 Å². The van der Waals surface area contributed by atoms with Gasteiger partial charge >= 0.3 is 12.1 Å². The molecule has 2 aliphatic heterocycles. The second-order valence-corrected chi connectivity index (χ2v) is 9.19. The minimum atomic E-state index is -1.48. The average Bonchev–Trinajstić information content (AvgIpc) is 3.26. The summed E-state index contributed by atoms with van der Waals surface area (Å²) in [6, 6.07) is 29.7. The lowest BCUT2D eigenvalue weighted by Crippen LogP contribution is -2.65. The largest absolute Gasteiger partial charge is 0.480 e. The third-order valence-corrected chi connectivity index (χ3v) is 7.52. The van der Waals surface area contributed by atoms with Gasteiger partial charge in [-0.2, -0.15) is 5.01 Å². The van der Waals surface area contributed by atoms with Crippen LogP contribution in [0.1, 0.15) is 36.5 Å². The van der Waals surface area contributed by atoms with Gasteiger partial charge in [0.05, 0.1) is 0 Å². The van der Waals surface area contributed by atoms with E-state index in [1.807, 2.05) is 103 Å². The van der Waals surface area contributed by atoms with E-state index in [1.165, 1.54) is 4.90 Å². The molecule has 0 spiro atoms. The van der Waals surface area contributed by atoms with E-state index in [9.17, 15) is 19.8 Å². The number of carboxylic acids is 1. The number of carbonyl (C=O) groups is 2. The minimum Gasteiger partial charge on any atom is -0.480 e. The third-order valence-electron chi connectivity index (χ3n) is 7.52. The molecular formula is C29H29N3O4. The summed E-state index contributed by atoms with van der Waals surface area (Å²) in [6.45, 7) is 2.20. The highest BCUT2D eigenvalue weighted by Gasteiger charge is 2.61.